The van der Waals surface area contributed by atoms with Gasteiger partial charge in [0.1, 0.15) is 17.4 Å². The fourth-order valence-corrected chi connectivity index (χ4v) is 4.45. The van der Waals surface area contributed by atoms with Crippen LogP contribution in [0.2, 0.25) is 0 Å². The normalized spacial score (nSPS) is 17.9. The van der Waals surface area contributed by atoms with Gasteiger partial charge in [0.25, 0.3) is 0 Å². The maximum absolute atomic E-state index is 14.0. The first-order valence-corrected chi connectivity index (χ1v) is 12.4. The summed E-state index contributed by atoms with van der Waals surface area (Å²) in [6, 6.07) is 3.18. The molecule has 192 valence electrons. The zero-order chi connectivity index (χ0) is 25.5. The number of imidazole rings is 1. The number of amides is 3. The number of carbonyl (C=O) groups is 3. The molecule has 10 heteroatoms. The van der Waals surface area contributed by atoms with Crippen LogP contribution in [-0.2, 0) is 14.4 Å². The van der Waals surface area contributed by atoms with Gasteiger partial charge in [-0.2, -0.15) is 0 Å². The van der Waals surface area contributed by atoms with Crippen LogP contribution >= 0.6 is 0 Å². The number of halogens is 1. The van der Waals surface area contributed by atoms with Gasteiger partial charge in [-0.15, -0.1) is 0 Å². The molecule has 1 aromatic heterocycles. The molecule has 0 aliphatic carbocycles. The number of nitrogens with zero attached hydrogens (tertiary/aromatic N) is 3. The molecule has 1 aliphatic heterocycles. The van der Waals surface area contributed by atoms with E-state index in [1.807, 2.05) is 23.9 Å². The zero-order valence-electron chi connectivity index (χ0n) is 21.1. The van der Waals surface area contributed by atoms with Crippen LogP contribution in [0.4, 0.5) is 4.39 Å². The Hall–Kier alpha value is -3.01. The fourth-order valence-electron chi connectivity index (χ4n) is 4.45. The Morgan fingerprint density at radius 2 is 2.03 bits per heavy atom. The summed E-state index contributed by atoms with van der Waals surface area (Å²) < 4.78 is 14.0. The predicted octanol–water partition coefficient (Wildman–Crippen LogP) is 2.50. The number of benzene rings is 1. The van der Waals surface area contributed by atoms with E-state index in [0.29, 0.717) is 24.4 Å². The van der Waals surface area contributed by atoms with Crippen molar-refractivity contribution in [2.45, 2.75) is 70.5 Å². The van der Waals surface area contributed by atoms with Crippen LogP contribution in [0.3, 0.4) is 0 Å². The molecular formula is C25H37FN6O3. The van der Waals surface area contributed by atoms with Crippen LogP contribution in [0.1, 0.15) is 64.2 Å². The highest BCUT2D eigenvalue weighted by molar-refractivity contribution is 5.92. The lowest BCUT2D eigenvalue weighted by molar-refractivity contribution is -0.139. The lowest BCUT2D eigenvalue weighted by Gasteiger charge is -2.36. The van der Waals surface area contributed by atoms with Gasteiger partial charge in [0.05, 0.1) is 18.0 Å². The first kappa shape index (κ1) is 26.6. The molecule has 2 aromatic rings. The maximum atomic E-state index is 14.0. The number of hydrogen-bond acceptors (Lipinski definition) is 5. The number of para-hydroxylation sites is 1. The molecule has 1 fully saturated rings. The van der Waals surface area contributed by atoms with E-state index in [-0.39, 0.29) is 36.2 Å². The molecule has 0 bridgehead atoms. The Balaban J connectivity index is 1.73. The second-order valence-corrected chi connectivity index (χ2v) is 9.51. The molecule has 0 radical (unpaired) electrons. The third kappa shape index (κ3) is 7.00. The zero-order valence-corrected chi connectivity index (χ0v) is 21.1. The van der Waals surface area contributed by atoms with E-state index < -0.39 is 23.8 Å². The summed E-state index contributed by atoms with van der Waals surface area (Å²) in [7, 11) is 3.72. The molecular weight excluding hydrogens is 451 g/mol. The summed E-state index contributed by atoms with van der Waals surface area (Å²) in [5, 5.41) is 5.58. The van der Waals surface area contributed by atoms with Crippen molar-refractivity contribution in [1.82, 2.24) is 30.4 Å². The Morgan fingerprint density at radius 3 is 2.71 bits per heavy atom. The highest BCUT2D eigenvalue weighted by Crippen LogP contribution is 2.21. The molecule has 1 aromatic carbocycles. The first-order valence-electron chi connectivity index (χ1n) is 12.4. The lowest BCUT2D eigenvalue weighted by Crippen LogP contribution is -2.52. The number of H-pyrrole nitrogens is 1. The number of hydrogen-bond donors (Lipinski definition) is 3. The molecule has 3 atom stereocenters. The fraction of sp³-hybridized carbons (Fsp3) is 0.600. The van der Waals surface area contributed by atoms with Gasteiger partial charge in [-0.3, -0.25) is 14.4 Å². The van der Waals surface area contributed by atoms with Crippen LogP contribution in [0, 0.1) is 5.82 Å². The Labute approximate surface area is 205 Å². The van der Waals surface area contributed by atoms with Crippen molar-refractivity contribution in [3.63, 3.8) is 0 Å². The maximum Gasteiger partial charge on any atom is 0.243 e. The molecule has 3 N–H and O–H groups in total. The molecule has 9 nitrogen and oxygen atoms in total. The van der Waals surface area contributed by atoms with E-state index in [1.54, 1.807) is 19.1 Å². The van der Waals surface area contributed by atoms with E-state index in [1.165, 1.54) is 6.07 Å². The number of aromatic amines is 1. The average molecular weight is 489 g/mol. The van der Waals surface area contributed by atoms with E-state index in [2.05, 4.69) is 27.5 Å². The molecule has 3 amide bonds. The number of carbonyl (C=O) groups excluding carboxylic acids is 3. The monoisotopic (exact) mass is 488 g/mol. The number of rotatable bonds is 10. The molecule has 0 spiro atoms. The predicted molar refractivity (Wildman–Crippen MR) is 132 cm³/mol. The quantitative estimate of drug-likeness (QED) is 0.476. The molecule has 2 unspecified atom stereocenters. The third-order valence-corrected chi connectivity index (χ3v) is 6.49. The van der Waals surface area contributed by atoms with Crippen molar-refractivity contribution >= 4 is 28.8 Å². The second kappa shape index (κ2) is 12.1. The topological polar surface area (TPSA) is 110 Å². The first-order chi connectivity index (χ1) is 16.7. The molecule has 1 saturated heterocycles. The highest BCUT2D eigenvalue weighted by atomic mass is 19.1. The number of fused-ring (bicyclic) bond motifs is 1. The van der Waals surface area contributed by atoms with Crippen molar-refractivity contribution in [3.8, 4) is 0 Å². The van der Waals surface area contributed by atoms with Gasteiger partial charge in [0.2, 0.25) is 17.7 Å². The van der Waals surface area contributed by atoms with Crippen LogP contribution in [-0.4, -0.2) is 76.8 Å². The van der Waals surface area contributed by atoms with E-state index in [4.69, 9.17) is 0 Å². The Bertz CT molecular complexity index is 1040. The van der Waals surface area contributed by atoms with E-state index in [0.717, 1.165) is 25.7 Å². The number of nitrogens with one attached hydrogen (secondary N) is 3. The van der Waals surface area contributed by atoms with Gasteiger partial charge in [0.15, 0.2) is 5.82 Å². The standard InChI is InChI=1S/C25H37FN6O3/c1-5-17-9-6-7-13-32(17)22(34)15-20(28-21(33)12-14-31(3)4)25(35)27-16(2)24-29-19-11-8-10-18(26)23(19)30-24/h8,10-11,16-17,20H,5-7,9,12-15H2,1-4H3,(H,27,35)(H,28,33)(H,29,30)/t16-,17?,20?/m0/s1. The number of aromatic nitrogens is 2. The van der Waals surface area contributed by atoms with Gasteiger partial charge in [0, 0.05) is 25.6 Å². The minimum atomic E-state index is -1.01. The third-order valence-electron chi connectivity index (χ3n) is 6.49. The number of likely N-dealkylation sites (tertiary alicyclic amines) is 1. The van der Waals surface area contributed by atoms with Crippen molar-refractivity contribution in [2.75, 3.05) is 27.2 Å². The van der Waals surface area contributed by atoms with Crippen molar-refractivity contribution in [3.05, 3.63) is 29.8 Å². The molecule has 35 heavy (non-hydrogen) atoms. The van der Waals surface area contributed by atoms with Crippen LogP contribution in [0.15, 0.2) is 18.2 Å². The molecule has 3 rings (SSSR count). The SMILES string of the molecule is CCC1CCCCN1C(=O)CC(NC(=O)CCN(C)C)C(=O)N[C@@H](C)c1nc2c(F)cccc2[nH]1. The van der Waals surface area contributed by atoms with Crippen LogP contribution < -0.4 is 10.6 Å². The molecule has 0 saturated carbocycles. The summed E-state index contributed by atoms with van der Waals surface area (Å²) in [6.45, 7) is 4.97. The van der Waals surface area contributed by atoms with Gasteiger partial charge in [-0.25, -0.2) is 9.37 Å². The van der Waals surface area contributed by atoms with Gasteiger partial charge in [-0.05, 0) is 58.8 Å². The highest BCUT2D eigenvalue weighted by Gasteiger charge is 2.31. The largest absolute Gasteiger partial charge is 0.345 e. The summed E-state index contributed by atoms with van der Waals surface area (Å²) in [4.78, 5) is 50.0. The summed E-state index contributed by atoms with van der Waals surface area (Å²) in [5.74, 6) is -0.967. The van der Waals surface area contributed by atoms with Crippen molar-refractivity contribution in [1.29, 1.82) is 0 Å². The Kier molecular flexibility index (Phi) is 9.20. The van der Waals surface area contributed by atoms with Gasteiger partial charge >= 0.3 is 0 Å². The van der Waals surface area contributed by atoms with Crippen molar-refractivity contribution < 1.29 is 18.8 Å². The van der Waals surface area contributed by atoms with Gasteiger partial charge < -0.3 is 25.4 Å². The second-order valence-electron chi connectivity index (χ2n) is 9.51. The lowest BCUT2D eigenvalue weighted by atomic mass is 9.99. The van der Waals surface area contributed by atoms with Crippen LogP contribution in [0.5, 0.6) is 0 Å². The van der Waals surface area contributed by atoms with Crippen molar-refractivity contribution in [2.24, 2.45) is 0 Å². The number of piperidine rings is 1. The summed E-state index contributed by atoms with van der Waals surface area (Å²) in [6.07, 6.45) is 3.94. The average Bonchev–Trinajstić information content (AvgIpc) is 3.28. The summed E-state index contributed by atoms with van der Waals surface area (Å²) in [5.41, 5.74) is 0.726. The minimum absolute atomic E-state index is 0.114. The van der Waals surface area contributed by atoms with Crippen LogP contribution in [0.25, 0.3) is 11.0 Å². The van der Waals surface area contributed by atoms with E-state index >= 15 is 0 Å². The minimum Gasteiger partial charge on any atom is -0.345 e. The smallest absolute Gasteiger partial charge is 0.243 e. The molecule has 1 aliphatic rings. The molecule has 2 heterocycles. The Morgan fingerprint density at radius 1 is 1.26 bits per heavy atom. The van der Waals surface area contributed by atoms with E-state index in [9.17, 15) is 18.8 Å². The van der Waals surface area contributed by atoms with Gasteiger partial charge in [-0.1, -0.05) is 13.0 Å². The summed E-state index contributed by atoms with van der Waals surface area (Å²) >= 11 is 0.